The van der Waals surface area contributed by atoms with Crippen LogP contribution in [-0.4, -0.2) is 20.3 Å². The largest absolute Gasteiger partial charge is 0.425 e. The lowest BCUT2D eigenvalue weighted by atomic mass is 9.83. The molecule has 0 spiro atoms. The van der Waals surface area contributed by atoms with Crippen molar-refractivity contribution >= 4 is 5.69 Å². The van der Waals surface area contributed by atoms with Crippen LogP contribution in [0.2, 0.25) is 0 Å². The van der Waals surface area contributed by atoms with Gasteiger partial charge in [0.05, 0.1) is 5.56 Å². The Kier molecular flexibility index (Phi) is 5.28. The molecule has 2 aromatic rings. The summed E-state index contributed by atoms with van der Waals surface area (Å²) in [4.78, 5) is 0. The van der Waals surface area contributed by atoms with E-state index in [2.05, 4.69) is 5.32 Å². The molecule has 0 aliphatic carbocycles. The number of benzene rings is 2. The number of ether oxygens (including phenoxy) is 1. The first-order chi connectivity index (χ1) is 12.0. The van der Waals surface area contributed by atoms with Gasteiger partial charge in [-0.2, -0.15) is 26.3 Å². The van der Waals surface area contributed by atoms with Gasteiger partial charge in [-0.25, -0.2) is 0 Å². The fraction of sp³-hybridized carbons (Fsp3) is 0.333. The minimum atomic E-state index is -4.99. The van der Waals surface area contributed by atoms with Crippen LogP contribution >= 0.6 is 0 Å². The Morgan fingerprint density at radius 2 is 1.42 bits per heavy atom. The van der Waals surface area contributed by atoms with Gasteiger partial charge in [-0.3, -0.25) is 0 Å². The third-order valence-corrected chi connectivity index (χ3v) is 4.20. The van der Waals surface area contributed by atoms with Gasteiger partial charge in [0.15, 0.2) is 0 Å². The Hall–Kier alpha value is -2.22. The molecule has 2 rings (SSSR count). The molecule has 0 radical (unpaired) electrons. The van der Waals surface area contributed by atoms with Crippen LogP contribution in [-0.2, 0) is 16.5 Å². The number of halogens is 6. The molecule has 2 nitrogen and oxygen atoms in total. The summed E-state index contributed by atoms with van der Waals surface area (Å²) < 4.78 is 86.0. The lowest BCUT2D eigenvalue weighted by molar-refractivity contribution is -0.258. The van der Waals surface area contributed by atoms with Gasteiger partial charge in [-0.05, 0) is 41.8 Å². The number of methoxy groups -OCH3 is 1. The lowest BCUT2D eigenvalue weighted by Crippen LogP contribution is -2.45. The maximum Gasteiger partial charge on any atom is 0.425 e. The Morgan fingerprint density at radius 1 is 0.846 bits per heavy atom. The minimum Gasteiger partial charge on any atom is -0.388 e. The van der Waals surface area contributed by atoms with Crippen molar-refractivity contribution in [2.45, 2.75) is 24.9 Å². The predicted molar refractivity (Wildman–Crippen MR) is 86.0 cm³/mol. The summed E-state index contributed by atoms with van der Waals surface area (Å²) in [6.07, 6.45) is -9.76. The van der Waals surface area contributed by atoms with Crippen LogP contribution in [0.5, 0.6) is 0 Å². The first kappa shape index (κ1) is 20.1. The highest BCUT2D eigenvalue weighted by atomic mass is 19.4. The number of nitrogens with one attached hydrogen (secondary N) is 1. The molecular weight excluding hydrogens is 360 g/mol. The molecule has 1 N–H and O–H groups in total. The fourth-order valence-corrected chi connectivity index (χ4v) is 2.92. The van der Waals surface area contributed by atoms with E-state index >= 15 is 0 Å². The summed E-state index contributed by atoms with van der Waals surface area (Å²) in [6, 6.07) is 6.98. The van der Waals surface area contributed by atoms with E-state index in [0.29, 0.717) is 17.3 Å². The van der Waals surface area contributed by atoms with E-state index in [4.69, 9.17) is 4.74 Å². The number of alkyl halides is 6. The van der Waals surface area contributed by atoms with Crippen molar-refractivity contribution in [1.29, 1.82) is 0 Å². The number of aryl methyl sites for hydroxylation is 1. The smallest absolute Gasteiger partial charge is 0.388 e. The zero-order valence-electron chi connectivity index (χ0n) is 14.2. The van der Waals surface area contributed by atoms with Crippen LogP contribution < -0.4 is 5.32 Å². The average Bonchev–Trinajstić information content (AvgIpc) is 2.54. The summed E-state index contributed by atoms with van der Waals surface area (Å²) in [6.45, 7) is 1.60. The third-order valence-electron chi connectivity index (χ3n) is 4.20. The molecule has 0 bridgehead atoms. The van der Waals surface area contributed by atoms with Crippen molar-refractivity contribution in [2.24, 2.45) is 0 Å². The summed E-state index contributed by atoms with van der Waals surface area (Å²) in [5.41, 5.74) is -4.04. The molecule has 0 saturated heterocycles. The molecule has 0 amide bonds. The number of hydrogen-bond acceptors (Lipinski definition) is 2. The molecule has 142 valence electrons. The quantitative estimate of drug-likeness (QED) is 0.710. The van der Waals surface area contributed by atoms with Crippen LogP contribution in [0.25, 0.3) is 0 Å². The van der Waals surface area contributed by atoms with Gasteiger partial charge in [-0.1, -0.05) is 24.3 Å². The van der Waals surface area contributed by atoms with Crippen LogP contribution in [0.1, 0.15) is 22.3 Å². The van der Waals surface area contributed by atoms with Crippen molar-refractivity contribution < 1.29 is 31.1 Å². The second-order valence-electron chi connectivity index (χ2n) is 5.74. The Labute approximate surface area is 146 Å². The highest BCUT2D eigenvalue weighted by Gasteiger charge is 2.58. The van der Waals surface area contributed by atoms with Gasteiger partial charge in [0.25, 0.3) is 0 Å². The Balaban J connectivity index is 2.78. The van der Waals surface area contributed by atoms with E-state index in [1.165, 1.54) is 18.2 Å². The molecule has 1 unspecified atom stereocenters. The van der Waals surface area contributed by atoms with Gasteiger partial charge in [0.2, 0.25) is 5.60 Å². The molecule has 0 saturated carbocycles. The van der Waals surface area contributed by atoms with Gasteiger partial charge in [0.1, 0.15) is 0 Å². The van der Waals surface area contributed by atoms with Crippen molar-refractivity contribution in [3.8, 4) is 0 Å². The van der Waals surface area contributed by atoms with Crippen LogP contribution in [0.4, 0.5) is 32.0 Å². The molecule has 26 heavy (non-hydrogen) atoms. The van der Waals surface area contributed by atoms with E-state index in [1.54, 1.807) is 14.0 Å². The molecular formula is C18H17F6NO. The van der Waals surface area contributed by atoms with Gasteiger partial charge in [-0.15, -0.1) is 0 Å². The molecule has 8 heteroatoms. The first-order valence-electron chi connectivity index (χ1n) is 7.56. The lowest BCUT2D eigenvalue weighted by Gasteiger charge is -2.36. The molecule has 2 aromatic carbocycles. The van der Waals surface area contributed by atoms with Gasteiger partial charge in [0, 0.05) is 19.8 Å². The SMILES string of the molecule is CNc1ccc(C(OC)(c2cccc(C(F)(F)F)c2)C(F)(F)F)cc1C. The zero-order chi connectivity index (χ0) is 19.8. The van der Waals surface area contributed by atoms with E-state index in [1.807, 2.05) is 0 Å². The monoisotopic (exact) mass is 377 g/mol. The molecule has 0 aromatic heterocycles. The summed E-state index contributed by atoms with van der Waals surface area (Å²) in [5.74, 6) is 0. The Bertz CT molecular complexity index is 784. The summed E-state index contributed by atoms with van der Waals surface area (Å²) in [5, 5.41) is 2.83. The highest BCUT2D eigenvalue weighted by molar-refractivity contribution is 5.54. The predicted octanol–water partition coefficient (Wildman–Crippen LogP) is 5.51. The summed E-state index contributed by atoms with van der Waals surface area (Å²) in [7, 11) is 2.44. The van der Waals surface area contributed by atoms with E-state index < -0.39 is 29.1 Å². The second-order valence-corrected chi connectivity index (χ2v) is 5.74. The second kappa shape index (κ2) is 6.83. The number of anilines is 1. The number of hydrogen-bond donors (Lipinski definition) is 1. The van der Waals surface area contributed by atoms with Gasteiger partial charge < -0.3 is 10.1 Å². The van der Waals surface area contributed by atoms with Crippen molar-refractivity contribution in [1.82, 2.24) is 0 Å². The standard InChI is InChI=1S/C18H17F6NO/c1-11-9-13(7-8-15(11)25-2)16(26-3,18(22,23)24)12-5-4-6-14(10-12)17(19,20)21/h4-10,25H,1-3H3. The van der Waals surface area contributed by atoms with E-state index in [-0.39, 0.29) is 5.56 Å². The molecule has 0 heterocycles. The summed E-state index contributed by atoms with van der Waals surface area (Å²) >= 11 is 0. The Morgan fingerprint density at radius 3 is 1.88 bits per heavy atom. The van der Waals surface area contributed by atoms with Crippen molar-refractivity contribution in [2.75, 3.05) is 19.5 Å². The van der Waals surface area contributed by atoms with Crippen LogP contribution in [0.15, 0.2) is 42.5 Å². The normalized spacial score (nSPS) is 14.8. The highest BCUT2D eigenvalue weighted by Crippen LogP contribution is 2.48. The molecule has 0 aliphatic heterocycles. The molecule has 0 fully saturated rings. The van der Waals surface area contributed by atoms with Crippen LogP contribution in [0.3, 0.4) is 0 Å². The minimum absolute atomic E-state index is 0.302. The average molecular weight is 377 g/mol. The van der Waals surface area contributed by atoms with E-state index in [9.17, 15) is 26.3 Å². The van der Waals surface area contributed by atoms with Gasteiger partial charge >= 0.3 is 12.4 Å². The fourth-order valence-electron chi connectivity index (χ4n) is 2.92. The molecule has 1 atom stereocenters. The van der Waals surface area contributed by atoms with Crippen molar-refractivity contribution in [3.63, 3.8) is 0 Å². The maximum atomic E-state index is 14.1. The zero-order valence-corrected chi connectivity index (χ0v) is 14.2. The first-order valence-corrected chi connectivity index (χ1v) is 7.56. The van der Waals surface area contributed by atoms with Crippen molar-refractivity contribution in [3.05, 3.63) is 64.7 Å². The third kappa shape index (κ3) is 3.38. The number of rotatable bonds is 4. The topological polar surface area (TPSA) is 21.3 Å². The van der Waals surface area contributed by atoms with E-state index in [0.717, 1.165) is 25.3 Å². The maximum absolute atomic E-state index is 14.1. The molecule has 0 aliphatic rings. The van der Waals surface area contributed by atoms with Crippen LogP contribution in [0, 0.1) is 6.92 Å².